The van der Waals surface area contributed by atoms with E-state index in [0.717, 1.165) is 25.1 Å². The van der Waals surface area contributed by atoms with Gasteiger partial charge in [0.1, 0.15) is 0 Å². The number of esters is 1. The van der Waals surface area contributed by atoms with Crippen LogP contribution in [0.15, 0.2) is 24.3 Å². The highest BCUT2D eigenvalue weighted by atomic mass is 16.5. The summed E-state index contributed by atoms with van der Waals surface area (Å²) in [6.45, 7) is 7.18. The van der Waals surface area contributed by atoms with Gasteiger partial charge in [0.2, 0.25) is 0 Å². The van der Waals surface area contributed by atoms with Crippen LogP contribution in [-0.4, -0.2) is 30.8 Å². The normalized spacial score (nSPS) is 21.2. The summed E-state index contributed by atoms with van der Waals surface area (Å²) in [5, 5.41) is 3.49. The first-order valence-corrected chi connectivity index (χ1v) is 7.18. The Bertz CT molecular complexity index is 471. The highest BCUT2D eigenvalue weighted by molar-refractivity contribution is 5.90. The number of nitrogens with one attached hydrogen (secondary N) is 1. The van der Waals surface area contributed by atoms with Crippen LogP contribution in [0.2, 0.25) is 0 Å². The maximum Gasteiger partial charge on any atom is 0.338 e. The lowest BCUT2D eigenvalue weighted by molar-refractivity contribution is -0.0553. The zero-order valence-electron chi connectivity index (χ0n) is 12.4. The molecule has 0 radical (unpaired) electrons. The Balaban J connectivity index is 2.02. The van der Waals surface area contributed by atoms with Gasteiger partial charge in [-0.15, -0.1) is 0 Å². The van der Waals surface area contributed by atoms with Crippen LogP contribution in [0.4, 0.5) is 5.69 Å². The van der Waals surface area contributed by atoms with Gasteiger partial charge in [-0.3, -0.25) is 0 Å². The van der Waals surface area contributed by atoms with Crippen LogP contribution in [0.1, 0.15) is 44.0 Å². The fraction of sp³-hybridized carbons (Fsp3) is 0.562. The van der Waals surface area contributed by atoms with Gasteiger partial charge >= 0.3 is 5.97 Å². The van der Waals surface area contributed by atoms with Crippen LogP contribution < -0.4 is 5.32 Å². The molecule has 20 heavy (non-hydrogen) atoms. The predicted molar refractivity (Wildman–Crippen MR) is 79.1 cm³/mol. The average molecular weight is 277 g/mol. The summed E-state index contributed by atoms with van der Waals surface area (Å²) in [6, 6.07) is 7.85. The molecule has 1 fully saturated rings. The highest BCUT2D eigenvalue weighted by Gasteiger charge is 2.28. The number of hydrogen-bond donors (Lipinski definition) is 1. The van der Waals surface area contributed by atoms with Crippen LogP contribution in [0.25, 0.3) is 0 Å². The summed E-state index contributed by atoms with van der Waals surface area (Å²) in [5.74, 6) is -0.275. The van der Waals surface area contributed by atoms with Crippen LogP contribution in [0, 0.1) is 0 Å². The molecule has 1 saturated heterocycles. The topological polar surface area (TPSA) is 47.6 Å². The summed E-state index contributed by atoms with van der Waals surface area (Å²) in [4.78, 5) is 11.7. The standard InChI is InChI=1S/C16H23NO3/c1-4-19-15(18)12-6-5-7-13(10-12)17-14-8-9-20-16(2,3)11-14/h5-7,10,14,17H,4,8-9,11H2,1-3H3. The third-order valence-electron chi connectivity index (χ3n) is 3.44. The third kappa shape index (κ3) is 3.97. The third-order valence-corrected chi connectivity index (χ3v) is 3.44. The van der Waals surface area contributed by atoms with Crippen molar-refractivity contribution in [1.29, 1.82) is 0 Å². The van der Waals surface area contributed by atoms with Gasteiger partial charge in [0.25, 0.3) is 0 Å². The van der Waals surface area contributed by atoms with Gasteiger partial charge in [0, 0.05) is 18.3 Å². The lowest BCUT2D eigenvalue weighted by Crippen LogP contribution is -2.40. The van der Waals surface area contributed by atoms with E-state index in [1.807, 2.05) is 25.1 Å². The smallest absolute Gasteiger partial charge is 0.338 e. The SMILES string of the molecule is CCOC(=O)c1cccc(NC2CCOC(C)(C)C2)c1. The molecule has 2 rings (SSSR count). The van der Waals surface area contributed by atoms with Crippen molar-refractivity contribution in [3.8, 4) is 0 Å². The lowest BCUT2D eigenvalue weighted by atomic mass is 9.94. The first-order chi connectivity index (χ1) is 9.50. The van der Waals surface area contributed by atoms with Crippen LogP contribution in [-0.2, 0) is 9.47 Å². The van der Waals surface area contributed by atoms with Crippen molar-refractivity contribution in [3.63, 3.8) is 0 Å². The Hall–Kier alpha value is -1.55. The minimum Gasteiger partial charge on any atom is -0.462 e. The molecule has 0 aliphatic carbocycles. The summed E-state index contributed by atoms with van der Waals surface area (Å²) < 4.78 is 10.7. The predicted octanol–water partition coefficient (Wildman–Crippen LogP) is 3.23. The van der Waals surface area contributed by atoms with E-state index in [2.05, 4.69) is 19.2 Å². The zero-order chi connectivity index (χ0) is 14.6. The quantitative estimate of drug-likeness (QED) is 0.858. The van der Waals surface area contributed by atoms with Gasteiger partial charge in [0.15, 0.2) is 0 Å². The molecule has 0 bridgehead atoms. The molecular weight excluding hydrogens is 254 g/mol. The Kier molecular flexibility index (Phi) is 4.65. The monoisotopic (exact) mass is 277 g/mol. The van der Waals surface area contributed by atoms with Crippen molar-refractivity contribution in [2.75, 3.05) is 18.5 Å². The molecule has 1 aliphatic heterocycles. The largest absolute Gasteiger partial charge is 0.462 e. The molecule has 1 atom stereocenters. The first-order valence-electron chi connectivity index (χ1n) is 7.18. The molecule has 1 aliphatic rings. The minimum atomic E-state index is -0.275. The van der Waals surface area contributed by atoms with E-state index in [9.17, 15) is 4.79 Å². The first kappa shape index (κ1) is 14.9. The Morgan fingerprint density at radius 2 is 2.30 bits per heavy atom. The molecule has 1 N–H and O–H groups in total. The number of carbonyl (C=O) groups excluding carboxylic acids is 1. The van der Waals surface area contributed by atoms with Crippen molar-refractivity contribution in [3.05, 3.63) is 29.8 Å². The van der Waals surface area contributed by atoms with Gasteiger partial charge in [-0.1, -0.05) is 6.07 Å². The summed E-state index contributed by atoms with van der Waals surface area (Å²) in [6.07, 6.45) is 1.93. The van der Waals surface area contributed by atoms with E-state index in [0.29, 0.717) is 18.2 Å². The van der Waals surface area contributed by atoms with Gasteiger partial charge < -0.3 is 14.8 Å². The van der Waals surface area contributed by atoms with E-state index in [-0.39, 0.29) is 11.6 Å². The Morgan fingerprint density at radius 1 is 1.50 bits per heavy atom. The van der Waals surface area contributed by atoms with Gasteiger partial charge in [0.05, 0.1) is 17.8 Å². The second-order valence-electron chi connectivity index (χ2n) is 5.74. The van der Waals surface area contributed by atoms with Crippen LogP contribution in [0.3, 0.4) is 0 Å². The number of rotatable bonds is 4. The molecule has 0 aromatic heterocycles. The zero-order valence-corrected chi connectivity index (χ0v) is 12.4. The molecule has 1 aromatic rings. The van der Waals surface area contributed by atoms with E-state index in [4.69, 9.17) is 9.47 Å². The second kappa shape index (κ2) is 6.27. The van der Waals surface area contributed by atoms with E-state index >= 15 is 0 Å². The molecular formula is C16H23NO3. The van der Waals surface area contributed by atoms with E-state index in [1.54, 1.807) is 6.07 Å². The van der Waals surface area contributed by atoms with Crippen molar-refractivity contribution >= 4 is 11.7 Å². The Morgan fingerprint density at radius 3 is 3.00 bits per heavy atom. The fourth-order valence-electron chi connectivity index (χ4n) is 2.54. The molecule has 1 unspecified atom stereocenters. The molecule has 1 aromatic carbocycles. The fourth-order valence-corrected chi connectivity index (χ4v) is 2.54. The maximum atomic E-state index is 11.7. The van der Waals surface area contributed by atoms with Gasteiger partial charge in [-0.25, -0.2) is 4.79 Å². The summed E-state index contributed by atoms with van der Waals surface area (Å²) in [7, 11) is 0. The molecule has 4 heteroatoms. The average Bonchev–Trinajstić information content (AvgIpc) is 2.38. The summed E-state index contributed by atoms with van der Waals surface area (Å²) >= 11 is 0. The van der Waals surface area contributed by atoms with Gasteiger partial charge in [-0.2, -0.15) is 0 Å². The molecule has 1 heterocycles. The number of ether oxygens (including phenoxy) is 2. The van der Waals surface area contributed by atoms with Gasteiger partial charge in [-0.05, 0) is 51.8 Å². The summed E-state index contributed by atoms with van der Waals surface area (Å²) in [5.41, 5.74) is 1.45. The van der Waals surface area contributed by atoms with E-state index < -0.39 is 0 Å². The second-order valence-corrected chi connectivity index (χ2v) is 5.74. The molecule has 110 valence electrons. The van der Waals surface area contributed by atoms with Crippen LogP contribution >= 0.6 is 0 Å². The van der Waals surface area contributed by atoms with E-state index in [1.165, 1.54) is 0 Å². The van der Waals surface area contributed by atoms with Crippen molar-refractivity contribution in [2.45, 2.75) is 45.3 Å². The molecule has 0 amide bonds. The highest BCUT2D eigenvalue weighted by Crippen LogP contribution is 2.26. The number of hydrogen-bond acceptors (Lipinski definition) is 4. The Labute approximate surface area is 120 Å². The number of carbonyl (C=O) groups is 1. The molecule has 0 saturated carbocycles. The lowest BCUT2D eigenvalue weighted by Gasteiger charge is -2.36. The minimum absolute atomic E-state index is 0.0886. The van der Waals surface area contributed by atoms with Crippen molar-refractivity contribution in [1.82, 2.24) is 0 Å². The molecule has 0 spiro atoms. The van der Waals surface area contributed by atoms with Crippen molar-refractivity contribution < 1.29 is 14.3 Å². The molecule has 4 nitrogen and oxygen atoms in total. The number of anilines is 1. The maximum absolute atomic E-state index is 11.7. The van der Waals surface area contributed by atoms with Crippen LogP contribution in [0.5, 0.6) is 0 Å². The van der Waals surface area contributed by atoms with Crippen molar-refractivity contribution in [2.24, 2.45) is 0 Å². The number of benzene rings is 1.